The van der Waals surface area contributed by atoms with Crippen LogP contribution in [-0.2, 0) is 61.9 Å². The Labute approximate surface area is 284 Å². The second kappa shape index (κ2) is 19.9. The van der Waals surface area contributed by atoms with E-state index in [0.717, 1.165) is 34.6 Å². The van der Waals surface area contributed by atoms with Gasteiger partial charge in [-0.15, -0.1) is 24.0 Å². The van der Waals surface area contributed by atoms with Gasteiger partial charge in [-0.2, -0.15) is 0 Å². The average molecular weight is 999 g/mol. The normalized spacial score (nSPS) is 32.5. The number of aliphatic hydroxyl groups excluding tert-OH is 1. The van der Waals surface area contributed by atoms with Crippen LogP contribution in [0.1, 0.15) is 34.6 Å². The predicted octanol–water partition coefficient (Wildman–Crippen LogP) is 2.23. The molecule has 19 heteroatoms. The van der Waals surface area contributed by atoms with Gasteiger partial charge in [0.25, 0.3) is 0 Å². The van der Waals surface area contributed by atoms with E-state index < -0.39 is 97.9 Å². The Morgan fingerprint density at radius 2 is 1.20 bits per heavy atom. The Morgan fingerprint density at radius 3 is 1.66 bits per heavy atom. The zero-order valence-corrected chi connectivity index (χ0v) is 30.6. The molecule has 2 aliphatic rings. The molecule has 238 valence electrons. The zero-order chi connectivity index (χ0) is 30.7. The molecule has 2 saturated heterocycles. The topological polar surface area (TPSA) is 179 Å². The van der Waals surface area contributed by atoms with Crippen LogP contribution in [0.25, 0.3) is 0 Å². The number of alkyl halides is 2. The highest BCUT2D eigenvalue weighted by atomic mass is 128. The van der Waals surface area contributed by atoms with Crippen LogP contribution in [-0.4, -0.2) is 108 Å². The molecule has 0 saturated carbocycles. The van der Waals surface area contributed by atoms with Crippen molar-refractivity contribution in [3.8, 4) is 0 Å². The molecule has 0 radical (unpaired) electrons. The largest absolute Gasteiger partial charge is 0.463 e. The molecule has 1 N–H and O–H groups in total. The summed E-state index contributed by atoms with van der Waals surface area (Å²) >= 11 is 7.40. The van der Waals surface area contributed by atoms with Crippen molar-refractivity contribution in [1.29, 1.82) is 0 Å². The number of ether oxygens (including phenoxy) is 8. The third kappa shape index (κ3) is 12.7. The molecule has 2 aliphatic heterocycles. The molecule has 0 aromatic heterocycles. The second-order valence-corrected chi connectivity index (χ2v) is 9.06. The van der Waals surface area contributed by atoms with Gasteiger partial charge < -0.3 is 43.0 Å². The van der Waals surface area contributed by atoms with Crippen LogP contribution in [0.5, 0.6) is 0 Å². The zero-order valence-electron chi connectivity index (χ0n) is 22.4. The summed E-state index contributed by atoms with van der Waals surface area (Å²) in [4.78, 5) is 58.7. The number of carbonyl (C=O) groups excluding carboxylic acids is 5. The summed E-state index contributed by atoms with van der Waals surface area (Å²) in [5, 5.41) is 10.7. The Bertz CT molecular complexity index is 902. The van der Waals surface area contributed by atoms with Gasteiger partial charge in [0.15, 0.2) is 30.7 Å². The van der Waals surface area contributed by atoms with Gasteiger partial charge in [0.2, 0.25) is 6.36 Å². The molecule has 0 spiro atoms. The summed E-state index contributed by atoms with van der Waals surface area (Å²) < 4.78 is 57.6. The lowest BCUT2D eigenvalue weighted by molar-refractivity contribution is -0.346. The van der Waals surface area contributed by atoms with E-state index >= 15 is 0 Å². The van der Waals surface area contributed by atoms with Crippen molar-refractivity contribution >= 4 is 107 Å². The highest BCUT2D eigenvalue weighted by Crippen LogP contribution is 2.34. The van der Waals surface area contributed by atoms with Gasteiger partial charge in [0, 0.05) is 77.2 Å². The van der Waals surface area contributed by atoms with E-state index in [2.05, 4.69) is 53.2 Å². The summed E-state index contributed by atoms with van der Waals surface area (Å²) in [5.41, 5.74) is 0. The monoisotopic (exact) mass is 998 g/mol. The maximum Gasteiger partial charge on any atom is 0.303 e. The maximum atomic E-state index is 15.0. The van der Waals surface area contributed by atoms with Crippen LogP contribution in [0, 0.1) is 0 Å². The van der Waals surface area contributed by atoms with Crippen molar-refractivity contribution in [1.82, 2.24) is 0 Å². The highest BCUT2D eigenvalue weighted by Gasteiger charge is 2.56. The molecule has 0 bridgehead atoms. The molecule has 2 fully saturated rings. The molecule has 0 aromatic rings. The minimum Gasteiger partial charge on any atom is -0.463 e. The molecule has 0 aliphatic carbocycles. The summed E-state index contributed by atoms with van der Waals surface area (Å²) in [5.74, 6) is -4.27. The Kier molecular flexibility index (Phi) is 19.8. The van der Waals surface area contributed by atoms with E-state index in [1.807, 2.05) is 0 Å². The minimum atomic E-state index is -2.33. The lowest BCUT2D eigenvalue weighted by Gasteiger charge is -2.47. The third-order valence-electron chi connectivity index (χ3n) is 5.30. The lowest BCUT2D eigenvalue weighted by Crippen LogP contribution is -2.66. The number of hydrogen-bond donors (Lipinski definition) is 1. The molecular weight excluding hydrogens is 968 g/mol. The van der Waals surface area contributed by atoms with Gasteiger partial charge in [-0.3, -0.25) is 24.0 Å². The quantitative estimate of drug-likeness (QED) is 0.154. The van der Waals surface area contributed by atoms with Crippen molar-refractivity contribution in [2.24, 2.45) is 0 Å². The Balaban J connectivity index is 0.00000521. The molecule has 0 aromatic carbocycles. The average Bonchev–Trinajstić information content (AvgIpc) is 2.85. The predicted molar refractivity (Wildman–Crippen MR) is 165 cm³/mol. The van der Waals surface area contributed by atoms with Gasteiger partial charge in [-0.25, -0.2) is 4.39 Å². The fourth-order valence-electron chi connectivity index (χ4n) is 3.93. The van der Waals surface area contributed by atoms with Crippen LogP contribution >= 0.6 is 77.1 Å². The van der Waals surface area contributed by atoms with Gasteiger partial charge in [-0.1, -0.05) is 15.9 Å². The van der Waals surface area contributed by atoms with E-state index in [0.29, 0.717) is 0 Å². The smallest absolute Gasteiger partial charge is 0.303 e. The first-order valence-electron chi connectivity index (χ1n) is 11.6. The number of hydrogen-bond acceptors (Lipinski definition) is 14. The van der Waals surface area contributed by atoms with Crippen molar-refractivity contribution in [3.63, 3.8) is 0 Å². The Hall–Kier alpha value is -0.210. The summed E-state index contributed by atoms with van der Waals surface area (Å²) in [6.07, 6.45) is -16.0. The molecule has 0 amide bonds. The van der Waals surface area contributed by atoms with Crippen molar-refractivity contribution in [3.05, 3.63) is 0 Å². The fraction of sp³-hybridized carbons (Fsp3) is 0.773. The van der Waals surface area contributed by atoms with Gasteiger partial charge >= 0.3 is 29.8 Å². The second-order valence-electron chi connectivity index (χ2n) is 8.41. The van der Waals surface area contributed by atoms with Crippen LogP contribution < -0.4 is 0 Å². The fourth-order valence-corrected chi connectivity index (χ4v) is 4.47. The Morgan fingerprint density at radius 1 is 0.732 bits per heavy atom. The van der Waals surface area contributed by atoms with E-state index in [-0.39, 0.29) is 29.3 Å². The van der Waals surface area contributed by atoms with Gasteiger partial charge in [0.05, 0.1) is 0 Å². The van der Waals surface area contributed by atoms with Crippen molar-refractivity contribution in [2.75, 3.05) is 11.9 Å². The number of halogens is 5. The van der Waals surface area contributed by atoms with Crippen LogP contribution in [0.2, 0.25) is 0 Å². The summed E-state index contributed by atoms with van der Waals surface area (Å²) in [6, 6.07) is 0. The van der Waals surface area contributed by atoms with Crippen molar-refractivity contribution < 1.29 is 71.4 Å². The van der Waals surface area contributed by atoms with Gasteiger partial charge in [0.1, 0.15) is 31.0 Å². The summed E-state index contributed by atoms with van der Waals surface area (Å²) in [6.45, 7) is 4.61. The highest BCUT2D eigenvalue weighted by molar-refractivity contribution is 15.0. The first-order valence-corrected chi connectivity index (χ1v) is 19.0. The molecule has 2 rings (SSSR count). The van der Waals surface area contributed by atoms with E-state index in [9.17, 15) is 33.5 Å². The molecule has 14 nitrogen and oxygen atoms in total. The first kappa shape index (κ1) is 40.8. The van der Waals surface area contributed by atoms with Crippen LogP contribution in [0.3, 0.4) is 0 Å². The number of esters is 5. The standard InChI is InChI=1S/C22H30BrFO14.I2.HI/c1-8(25)31-7-14-16(18(33-10(3)27)19(21(24)36-14)34-11(4)28)38-22-20(35-12(5)29)17(32-9(2)26)15(30)13(6-23)37-22;1-2;/h13-22,30H,6-7H2,1-5H3;;1H/t13?,14?,15-,16-,17+,18+,19?,20?,21+,22-;;/m1../s1. The molecule has 41 heavy (non-hydrogen) atoms. The van der Waals surface area contributed by atoms with Gasteiger partial charge in [-0.05, 0) is 0 Å². The first-order chi connectivity index (χ1) is 18.7. The summed E-state index contributed by atoms with van der Waals surface area (Å²) in [7, 11) is 0. The maximum absolute atomic E-state index is 15.0. The lowest BCUT2D eigenvalue weighted by atomic mass is 9.96. The van der Waals surface area contributed by atoms with E-state index in [1.54, 1.807) is 0 Å². The van der Waals surface area contributed by atoms with Crippen LogP contribution in [0.4, 0.5) is 4.39 Å². The molecule has 4 unspecified atom stereocenters. The molecule has 10 atom stereocenters. The van der Waals surface area contributed by atoms with E-state index in [1.165, 1.54) is 0 Å². The number of aliphatic hydroxyl groups is 1. The molecular formula is C22H31BrFI3O14. The SMILES string of the molecule is CC(=O)OCC1O[C@H](F)C(OC(C)=O)[C@@H](OC(C)=O)[C@@H]1O[C@H]1OC(CBr)[C@@H](O)[C@H](OC(C)=O)C1OC(C)=O.I.II. The molecule has 2 heterocycles. The number of carbonyl (C=O) groups is 5. The van der Waals surface area contributed by atoms with E-state index in [4.69, 9.17) is 37.9 Å². The van der Waals surface area contributed by atoms with Crippen LogP contribution in [0.15, 0.2) is 0 Å². The third-order valence-corrected chi connectivity index (χ3v) is 5.94. The van der Waals surface area contributed by atoms with Crippen molar-refractivity contribution in [2.45, 2.75) is 96.1 Å². The number of rotatable bonds is 9. The minimum absolute atomic E-state index is 0.